The maximum Gasteiger partial charge on any atom is 0.224 e. The average molecular weight is 226 g/mol. The Morgan fingerprint density at radius 2 is 2.12 bits per heavy atom. The molecule has 0 fully saturated rings. The van der Waals surface area contributed by atoms with Crippen molar-refractivity contribution in [3.05, 3.63) is 12.0 Å². The molecule has 2 N–H and O–H groups in total. The van der Waals surface area contributed by atoms with Crippen molar-refractivity contribution in [3.63, 3.8) is 0 Å². The fraction of sp³-hybridized carbons (Fsp3) is 0.636. The van der Waals surface area contributed by atoms with E-state index in [1.807, 2.05) is 6.92 Å². The van der Waals surface area contributed by atoms with Gasteiger partial charge < -0.3 is 10.6 Å². The summed E-state index contributed by atoms with van der Waals surface area (Å²) in [5.41, 5.74) is 0. The van der Waals surface area contributed by atoms with Gasteiger partial charge in [0, 0.05) is 13.1 Å². The van der Waals surface area contributed by atoms with Gasteiger partial charge in [0.2, 0.25) is 5.95 Å². The van der Waals surface area contributed by atoms with Crippen molar-refractivity contribution in [3.8, 4) is 0 Å². The van der Waals surface area contributed by atoms with Crippen LogP contribution in [0, 0.1) is 11.7 Å². The highest BCUT2D eigenvalue weighted by Gasteiger charge is 2.13. The summed E-state index contributed by atoms with van der Waals surface area (Å²) in [5.74, 6) is 0.717. The van der Waals surface area contributed by atoms with Crippen LogP contribution in [-0.2, 0) is 0 Å². The fourth-order valence-corrected chi connectivity index (χ4v) is 1.30. The lowest BCUT2D eigenvalue weighted by atomic mass is 10.0. The molecule has 4 nitrogen and oxygen atoms in total. The summed E-state index contributed by atoms with van der Waals surface area (Å²) in [5, 5.41) is 5.85. The lowest BCUT2D eigenvalue weighted by Gasteiger charge is -2.20. The molecule has 0 aliphatic carbocycles. The van der Waals surface area contributed by atoms with Crippen molar-refractivity contribution < 1.29 is 4.39 Å². The topological polar surface area (TPSA) is 49.8 Å². The van der Waals surface area contributed by atoms with Gasteiger partial charge in [0.1, 0.15) is 0 Å². The Morgan fingerprint density at radius 1 is 1.44 bits per heavy atom. The van der Waals surface area contributed by atoms with Crippen LogP contribution in [0.25, 0.3) is 0 Å². The molecule has 2 atom stereocenters. The van der Waals surface area contributed by atoms with Crippen LogP contribution >= 0.6 is 0 Å². The van der Waals surface area contributed by atoms with E-state index < -0.39 is 5.82 Å². The van der Waals surface area contributed by atoms with Crippen LogP contribution in [-0.4, -0.2) is 23.1 Å². The number of nitrogens with one attached hydrogen (secondary N) is 2. The van der Waals surface area contributed by atoms with Crippen LogP contribution in [0.3, 0.4) is 0 Å². The number of hydrogen-bond acceptors (Lipinski definition) is 4. The van der Waals surface area contributed by atoms with Crippen molar-refractivity contribution in [1.29, 1.82) is 0 Å². The molecule has 16 heavy (non-hydrogen) atoms. The van der Waals surface area contributed by atoms with Gasteiger partial charge in [-0.1, -0.05) is 20.3 Å². The highest BCUT2D eigenvalue weighted by Crippen LogP contribution is 2.16. The minimum atomic E-state index is -0.422. The number of halogens is 1. The zero-order valence-corrected chi connectivity index (χ0v) is 10.2. The van der Waals surface area contributed by atoms with E-state index in [2.05, 4.69) is 34.4 Å². The first-order valence-electron chi connectivity index (χ1n) is 5.55. The normalized spacial score (nSPS) is 14.3. The minimum Gasteiger partial charge on any atom is -0.365 e. The Kier molecular flexibility index (Phi) is 4.46. The van der Waals surface area contributed by atoms with Gasteiger partial charge in [-0.15, -0.1) is 0 Å². The molecule has 5 heteroatoms. The van der Waals surface area contributed by atoms with Crippen molar-refractivity contribution in [2.24, 2.45) is 5.92 Å². The molecule has 0 aliphatic rings. The van der Waals surface area contributed by atoms with Gasteiger partial charge in [-0.3, -0.25) is 0 Å². The molecule has 0 spiro atoms. The van der Waals surface area contributed by atoms with Crippen molar-refractivity contribution in [1.82, 2.24) is 9.97 Å². The van der Waals surface area contributed by atoms with Gasteiger partial charge in [-0.25, -0.2) is 9.37 Å². The van der Waals surface area contributed by atoms with Crippen molar-refractivity contribution in [2.45, 2.75) is 33.2 Å². The molecule has 1 aromatic heterocycles. The summed E-state index contributed by atoms with van der Waals surface area (Å²) in [7, 11) is 1.70. The van der Waals surface area contributed by atoms with Crippen molar-refractivity contribution in [2.75, 3.05) is 17.7 Å². The van der Waals surface area contributed by atoms with Crippen LogP contribution in [0.5, 0.6) is 0 Å². The van der Waals surface area contributed by atoms with Gasteiger partial charge in [0.05, 0.1) is 6.20 Å². The molecule has 0 radical (unpaired) electrons. The van der Waals surface area contributed by atoms with E-state index in [4.69, 9.17) is 0 Å². The maximum absolute atomic E-state index is 13.4. The monoisotopic (exact) mass is 226 g/mol. The minimum absolute atomic E-state index is 0.180. The second-order valence-corrected chi connectivity index (χ2v) is 3.96. The quantitative estimate of drug-likeness (QED) is 0.810. The second-order valence-electron chi connectivity index (χ2n) is 3.96. The van der Waals surface area contributed by atoms with Crippen LogP contribution in [0.2, 0.25) is 0 Å². The van der Waals surface area contributed by atoms with E-state index in [1.165, 1.54) is 6.20 Å². The maximum atomic E-state index is 13.4. The molecule has 0 amide bonds. The van der Waals surface area contributed by atoms with Crippen LogP contribution in [0.4, 0.5) is 16.2 Å². The lowest BCUT2D eigenvalue weighted by Crippen LogP contribution is -2.24. The first-order valence-corrected chi connectivity index (χ1v) is 5.55. The van der Waals surface area contributed by atoms with Gasteiger partial charge in [-0.05, 0) is 12.8 Å². The van der Waals surface area contributed by atoms with E-state index >= 15 is 0 Å². The molecule has 0 aromatic carbocycles. The second kappa shape index (κ2) is 5.63. The smallest absolute Gasteiger partial charge is 0.224 e. The predicted octanol–water partition coefficient (Wildman–Crippen LogP) is 2.50. The number of hydrogen-bond donors (Lipinski definition) is 2. The third-order valence-electron chi connectivity index (χ3n) is 2.83. The Labute approximate surface area is 95.7 Å². The number of nitrogens with zero attached hydrogens (tertiary/aromatic N) is 2. The molecule has 0 saturated heterocycles. The molecule has 1 aromatic rings. The van der Waals surface area contributed by atoms with E-state index in [9.17, 15) is 4.39 Å². The summed E-state index contributed by atoms with van der Waals surface area (Å²) in [6.07, 6.45) is 2.21. The standard InChI is InChI=1S/C11H19FN4/c1-5-7(2)8(3)15-10-9(12)6-14-11(13-4)16-10/h6-8H,5H2,1-4H3,(H2,13,14,15,16). The fourth-order valence-electron chi connectivity index (χ4n) is 1.30. The van der Waals surface area contributed by atoms with Gasteiger partial charge in [-0.2, -0.15) is 4.98 Å². The molecule has 0 aliphatic heterocycles. The first-order chi connectivity index (χ1) is 7.58. The summed E-state index contributed by atoms with van der Waals surface area (Å²) in [4.78, 5) is 7.83. The van der Waals surface area contributed by atoms with Crippen molar-refractivity contribution >= 4 is 11.8 Å². The Bertz CT molecular complexity index is 343. The zero-order chi connectivity index (χ0) is 12.1. The molecule has 1 heterocycles. The van der Waals surface area contributed by atoms with Crippen LogP contribution < -0.4 is 10.6 Å². The summed E-state index contributed by atoms with van der Waals surface area (Å²) < 4.78 is 13.4. The molecule has 0 saturated carbocycles. The largest absolute Gasteiger partial charge is 0.365 e. The van der Waals surface area contributed by atoms with Gasteiger partial charge in [0.25, 0.3) is 0 Å². The Morgan fingerprint density at radius 3 is 2.69 bits per heavy atom. The Balaban J connectivity index is 2.79. The highest BCUT2D eigenvalue weighted by molar-refractivity contribution is 5.41. The highest BCUT2D eigenvalue weighted by atomic mass is 19.1. The van der Waals surface area contributed by atoms with E-state index in [0.29, 0.717) is 11.9 Å². The molecule has 2 unspecified atom stereocenters. The number of rotatable bonds is 5. The van der Waals surface area contributed by atoms with E-state index in [0.717, 1.165) is 6.42 Å². The van der Waals surface area contributed by atoms with Gasteiger partial charge >= 0.3 is 0 Å². The molecule has 1 rings (SSSR count). The average Bonchev–Trinajstić information content (AvgIpc) is 2.30. The SMILES string of the molecule is CCC(C)C(C)Nc1nc(NC)ncc1F. The third kappa shape index (κ3) is 3.05. The molecular weight excluding hydrogens is 207 g/mol. The van der Waals surface area contributed by atoms with E-state index in [-0.39, 0.29) is 11.9 Å². The number of anilines is 2. The summed E-state index contributed by atoms with van der Waals surface area (Å²) in [6.45, 7) is 6.25. The summed E-state index contributed by atoms with van der Waals surface area (Å²) in [6, 6.07) is 0.180. The Hall–Kier alpha value is -1.39. The number of aromatic nitrogens is 2. The predicted molar refractivity (Wildman–Crippen MR) is 64.1 cm³/mol. The third-order valence-corrected chi connectivity index (χ3v) is 2.83. The van der Waals surface area contributed by atoms with Crippen LogP contribution in [0.1, 0.15) is 27.2 Å². The molecular formula is C11H19FN4. The van der Waals surface area contributed by atoms with E-state index in [1.54, 1.807) is 7.05 Å². The lowest BCUT2D eigenvalue weighted by molar-refractivity contribution is 0.489. The molecule has 0 bridgehead atoms. The first kappa shape index (κ1) is 12.7. The van der Waals surface area contributed by atoms with Crippen LogP contribution in [0.15, 0.2) is 6.20 Å². The summed E-state index contributed by atoms with van der Waals surface area (Å²) >= 11 is 0. The zero-order valence-electron chi connectivity index (χ0n) is 10.2. The van der Waals surface area contributed by atoms with Gasteiger partial charge in [0.15, 0.2) is 11.6 Å². The molecule has 90 valence electrons.